The molecule has 4 aromatic rings. The molecule has 1 aliphatic rings. The van der Waals surface area contributed by atoms with Gasteiger partial charge in [0.1, 0.15) is 40.6 Å². The zero-order valence-electron chi connectivity index (χ0n) is 23.8. The average molecular weight is 551 g/mol. The van der Waals surface area contributed by atoms with Gasteiger partial charge < -0.3 is 9.47 Å². The summed E-state index contributed by atoms with van der Waals surface area (Å²) in [5.74, 6) is 0.410. The maximum atomic E-state index is 13.9. The second-order valence-corrected chi connectivity index (χ2v) is 11.4. The summed E-state index contributed by atoms with van der Waals surface area (Å²) < 4.78 is 15.3. The molecule has 41 heavy (non-hydrogen) atoms. The lowest BCUT2D eigenvalue weighted by Crippen LogP contribution is -2.54. The Bertz CT molecular complexity index is 1760. The first kappa shape index (κ1) is 27.9. The molecule has 1 fully saturated rings. The van der Waals surface area contributed by atoms with Gasteiger partial charge in [-0.1, -0.05) is 32.9 Å². The number of benzene rings is 1. The fourth-order valence-electron chi connectivity index (χ4n) is 5.49. The van der Waals surface area contributed by atoms with Crippen molar-refractivity contribution in [3.8, 4) is 12.1 Å². The predicted molar refractivity (Wildman–Crippen MR) is 154 cm³/mol. The normalized spacial score (nSPS) is 16.8. The molecule has 1 saturated heterocycles. The van der Waals surface area contributed by atoms with E-state index >= 15 is 0 Å². The summed E-state index contributed by atoms with van der Waals surface area (Å²) in [6.07, 6.45) is 1.77. The SMILES string of the molecule is C[C@@H]1CN(c2c(C#N)c(=O)n(C)c3ccc(C#N)nc23)CCN1C(c1ccc(F)cc1)c1ccnc(C(C)(C)C)n1. The van der Waals surface area contributed by atoms with E-state index in [0.717, 1.165) is 17.1 Å². The molecule has 0 aliphatic carbocycles. The number of nitriles is 2. The van der Waals surface area contributed by atoms with E-state index in [-0.39, 0.29) is 34.6 Å². The first-order valence-corrected chi connectivity index (χ1v) is 13.5. The zero-order chi connectivity index (χ0) is 29.5. The van der Waals surface area contributed by atoms with Crippen molar-refractivity contribution < 1.29 is 4.39 Å². The Morgan fingerprint density at radius 1 is 1.02 bits per heavy atom. The van der Waals surface area contributed by atoms with Crippen LogP contribution in [0.15, 0.2) is 53.5 Å². The van der Waals surface area contributed by atoms with Gasteiger partial charge in [0.2, 0.25) is 0 Å². The third-order valence-electron chi connectivity index (χ3n) is 7.58. The fourth-order valence-corrected chi connectivity index (χ4v) is 5.49. The Morgan fingerprint density at radius 2 is 1.76 bits per heavy atom. The number of piperazine rings is 1. The number of anilines is 1. The van der Waals surface area contributed by atoms with Crippen LogP contribution in [0.3, 0.4) is 0 Å². The Labute approximate surface area is 238 Å². The van der Waals surface area contributed by atoms with E-state index in [1.54, 1.807) is 37.5 Å². The number of rotatable bonds is 4. The van der Waals surface area contributed by atoms with E-state index in [4.69, 9.17) is 4.98 Å². The van der Waals surface area contributed by atoms with Crippen LogP contribution in [0.2, 0.25) is 0 Å². The monoisotopic (exact) mass is 550 g/mol. The highest BCUT2D eigenvalue weighted by molar-refractivity contribution is 5.92. The molecule has 3 aromatic heterocycles. The third-order valence-corrected chi connectivity index (χ3v) is 7.58. The lowest BCUT2D eigenvalue weighted by atomic mass is 9.94. The Balaban J connectivity index is 1.58. The highest BCUT2D eigenvalue weighted by Gasteiger charge is 2.35. The van der Waals surface area contributed by atoms with E-state index in [1.165, 1.54) is 16.7 Å². The van der Waals surface area contributed by atoms with Crippen LogP contribution in [0, 0.1) is 28.5 Å². The zero-order valence-corrected chi connectivity index (χ0v) is 23.8. The summed E-state index contributed by atoms with van der Waals surface area (Å²) in [4.78, 5) is 31.5. The molecule has 10 heteroatoms. The minimum atomic E-state index is -0.406. The summed E-state index contributed by atoms with van der Waals surface area (Å²) in [5, 5.41) is 19.5. The molecule has 0 saturated carbocycles. The molecule has 1 aromatic carbocycles. The molecule has 208 valence electrons. The van der Waals surface area contributed by atoms with Crippen LogP contribution < -0.4 is 10.5 Å². The Kier molecular flexibility index (Phi) is 7.29. The third kappa shape index (κ3) is 5.15. The van der Waals surface area contributed by atoms with E-state index in [2.05, 4.69) is 54.7 Å². The number of halogens is 1. The minimum Gasteiger partial charge on any atom is -0.366 e. The predicted octanol–water partition coefficient (Wildman–Crippen LogP) is 4.20. The van der Waals surface area contributed by atoms with Gasteiger partial charge in [-0.3, -0.25) is 9.69 Å². The molecule has 9 nitrogen and oxygen atoms in total. The van der Waals surface area contributed by atoms with E-state index in [1.807, 2.05) is 11.0 Å². The van der Waals surface area contributed by atoms with Crippen LogP contribution in [-0.2, 0) is 12.5 Å². The van der Waals surface area contributed by atoms with E-state index < -0.39 is 5.56 Å². The summed E-state index contributed by atoms with van der Waals surface area (Å²) in [6, 6.07) is 15.5. The van der Waals surface area contributed by atoms with Crippen molar-refractivity contribution in [1.29, 1.82) is 10.5 Å². The second-order valence-electron chi connectivity index (χ2n) is 11.4. The topological polar surface area (TPSA) is 115 Å². The van der Waals surface area contributed by atoms with Crippen LogP contribution in [-0.4, -0.2) is 50.1 Å². The number of hydrogen-bond donors (Lipinski definition) is 0. The van der Waals surface area contributed by atoms with Crippen LogP contribution in [0.1, 0.15) is 62.1 Å². The number of fused-ring (bicyclic) bond motifs is 1. The standard InChI is InChI=1S/C31H31FN8O/c1-19-18-39(28-23(17-34)29(41)38(5)25-11-10-22(16-33)36-26(25)28)14-15-40(19)27(20-6-8-21(32)9-7-20)24-12-13-35-30(37-24)31(2,3)4/h6-13,19,27H,14-15,18H2,1-5H3/t19-,27?/m1/s1. The molecule has 0 bridgehead atoms. The van der Waals surface area contributed by atoms with Gasteiger partial charge >= 0.3 is 0 Å². The lowest BCUT2D eigenvalue weighted by Gasteiger charge is -2.45. The van der Waals surface area contributed by atoms with Crippen molar-refractivity contribution >= 4 is 16.7 Å². The maximum absolute atomic E-state index is 13.9. The number of pyridine rings is 2. The molecule has 0 N–H and O–H groups in total. The number of nitrogens with zero attached hydrogens (tertiary/aromatic N) is 8. The molecule has 5 rings (SSSR count). The van der Waals surface area contributed by atoms with E-state index in [0.29, 0.717) is 36.4 Å². The van der Waals surface area contributed by atoms with Gasteiger partial charge in [-0.05, 0) is 42.8 Å². The fraction of sp³-hybridized carbons (Fsp3) is 0.355. The van der Waals surface area contributed by atoms with Gasteiger partial charge in [0.05, 0.1) is 22.9 Å². The molecular formula is C31H31FN8O. The van der Waals surface area contributed by atoms with Gasteiger partial charge in [-0.25, -0.2) is 19.3 Å². The van der Waals surface area contributed by atoms with Crippen molar-refractivity contribution in [3.63, 3.8) is 0 Å². The molecule has 1 unspecified atom stereocenters. The molecular weight excluding hydrogens is 519 g/mol. The maximum Gasteiger partial charge on any atom is 0.270 e. The number of aromatic nitrogens is 4. The summed E-state index contributed by atoms with van der Waals surface area (Å²) in [7, 11) is 1.60. The smallest absolute Gasteiger partial charge is 0.270 e. The van der Waals surface area contributed by atoms with Gasteiger partial charge in [-0.15, -0.1) is 0 Å². The lowest BCUT2D eigenvalue weighted by molar-refractivity contribution is 0.147. The highest BCUT2D eigenvalue weighted by Crippen LogP contribution is 2.35. The minimum absolute atomic E-state index is 0.00365. The summed E-state index contributed by atoms with van der Waals surface area (Å²) in [5.41, 5.74) is 2.73. The Morgan fingerprint density at radius 3 is 2.39 bits per heavy atom. The first-order chi connectivity index (χ1) is 19.5. The van der Waals surface area contributed by atoms with Gasteiger partial charge in [-0.2, -0.15) is 10.5 Å². The van der Waals surface area contributed by atoms with Crippen LogP contribution in [0.25, 0.3) is 11.0 Å². The molecule has 0 radical (unpaired) electrons. The van der Waals surface area contributed by atoms with Crippen molar-refractivity contribution in [2.75, 3.05) is 24.5 Å². The van der Waals surface area contributed by atoms with Crippen LogP contribution in [0.5, 0.6) is 0 Å². The summed E-state index contributed by atoms with van der Waals surface area (Å²) in [6.45, 7) is 9.82. The van der Waals surface area contributed by atoms with Crippen molar-refractivity contribution in [2.24, 2.45) is 7.05 Å². The second kappa shape index (κ2) is 10.7. The van der Waals surface area contributed by atoms with Crippen molar-refractivity contribution in [3.05, 3.63) is 93.2 Å². The van der Waals surface area contributed by atoms with Crippen LogP contribution in [0.4, 0.5) is 10.1 Å². The van der Waals surface area contributed by atoms with Crippen molar-refractivity contribution in [1.82, 2.24) is 24.4 Å². The molecule has 4 heterocycles. The van der Waals surface area contributed by atoms with Crippen LogP contribution >= 0.6 is 0 Å². The quantitative estimate of drug-likeness (QED) is 0.371. The van der Waals surface area contributed by atoms with Gasteiger partial charge in [0.15, 0.2) is 0 Å². The molecule has 2 atom stereocenters. The largest absolute Gasteiger partial charge is 0.366 e. The molecule has 0 amide bonds. The van der Waals surface area contributed by atoms with Crippen molar-refractivity contribution in [2.45, 2.75) is 45.2 Å². The average Bonchev–Trinajstić information content (AvgIpc) is 2.96. The highest BCUT2D eigenvalue weighted by atomic mass is 19.1. The molecule has 0 spiro atoms. The number of aryl methyl sites for hydroxylation is 1. The number of hydrogen-bond acceptors (Lipinski definition) is 8. The first-order valence-electron chi connectivity index (χ1n) is 13.5. The molecule has 1 aliphatic heterocycles. The van der Waals surface area contributed by atoms with Gasteiger partial charge in [0, 0.05) is 44.3 Å². The Hall–Kier alpha value is -4.67. The summed E-state index contributed by atoms with van der Waals surface area (Å²) >= 11 is 0. The van der Waals surface area contributed by atoms with Gasteiger partial charge in [0.25, 0.3) is 5.56 Å². The van der Waals surface area contributed by atoms with E-state index in [9.17, 15) is 19.7 Å².